The molecule has 6 heteroatoms. The Kier molecular flexibility index (Phi) is 5.46. The molecule has 1 saturated carbocycles. The molecule has 0 bridgehead atoms. The Morgan fingerprint density at radius 1 is 1.03 bits per heavy atom. The number of ether oxygens (including phenoxy) is 1. The molecule has 1 aromatic heterocycles. The van der Waals surface area contributed by atoms with Crippen LogP contribution >= 0.6 is 0 Å². The molecule has 5 rings (SSSR count). The van der Waals surface area contributed by atoms with E-state index in [9.17, 15) is 4.39 Å². The van der Waals surface area contributed by atoms with Crippen molar-refractivity contribution in [1.82, 2.24) is 15.1 Å². The number of nitrogens with zero attached hydrogens (tertiary/aromatic N) is 3. The van der Waals surface area contributed by atoms with Crippen LogP contribution in [0.5, 0.6) is 0 Å². The maximum Gasteiger partial charge on any atom is 0.148 e. The van der Waals surface area contributed by atoms with E-state index < -0.39 is 0 Å². The van der Waals surface area contributed by atoms with Gasteiger partial charge in [0, 0.05) is 44.5 Å². The Balaban J connectivity index is 1.13. The predicted octanol–water partition coefficient (Wildman–Crippen LogP) is 3.83. The summed E-state index contributed by atoms with van der Waals surface area (Å²) in [5.74, 6) is 2.98. The number of benzene rings is 1. The zero-order valence-electron chi connectivity index (χ0n) is 16.8. The minimum absolute atomic E-state index is 0.255. The molecule has 0 radical (unpaired) electrons. The van der Waals surface area contributed by atoms with Crippen LogP contribution in [-0.2, 0) is 4.74 Å². The van der Waals surface area contributed by atoms with Gasteiger partial charge in [-0.05, 0) is 67.7 Å². The van der Waals surface area contributed by atoms with Crippen LogP contribution in [-0.4, -0.2) is 54.0 Å². The highest BCUT2D eigenvalue weighted by atomic mass is 19.1. The normalized spacial score (nSPS) is 27.8. The first-order valence-electron chi connectivity index (χ1n) is 10.9. The average Bonchev–Trinajstić information content (AvgIpc) is 3.27. The van der Waals surface area contributed by atoms with Crippen LogP contribution in [0.2, 0.25) is 0 Å². The fourth-order valence-corrected chi connectivity index (χ4v) is 5.38. The second kappa shape index (κ2) is 8.36. The van der Waals surface area contributed by atoms with Crippen molar-refractivity contribution in [1.29, 1.82) is 0 Å². The number of halogens is 1. The summed E-state index contributed by atoms with van der Waals surface area (Å²) in [5.41, 5.74) is 1.45. The smallest absolute Gasteiger partial charge is 0.148 e. The highest BCUT2D eigenvalue weighted by Gasteiger charge is 2.41. The summed E-state index contributed by atoms with van der Waals surface area (Å²) >= 11 is 0. The van der Waals surface area contributed by atoms with Gasteiger partial charge in [-0.1, -0.05) is 12.1 Å². The summed E-state index contributed by atoms with van der Waals surface area (Å²) in [4.78, 5) is 2.69. The summed E-state index contributed by atoms with van der Waals surface area (Å²) in [6.07, 6.45) is 4.87. The fraction of sp³-hybridized carbons (Fsp3) is 0.565. The first kappa shape index (κ1) is 18.9. The molecule has 1 aromatic carbocycles. The van der Waals surface area contributed by atoms with Crippen LogP contribution in [0, 0.1) is 23.6 Å². The predicted molar refractivity (Wildman–Crippen MR) is 111 cm³/mol. The van der Waals surface area contributed by atoms with E-state index in [0.717, 1.165) is 42.3 Å². The zero-order valence-corrected chi connectivity index (χ0v) is 16.8. The lowest BCUT2D eigenvalue weighted by Crippen LogP contribution is -2.32. The van der Waals surface area contributed by atoms with E-state index in [1.807, 2.05) is 18.2 Å². The van der Waals surface area contributed by atoms with Crippen LogP contribution in [0.15, 0.2) is 36.4 Å². The lowest BCUT2D eigenvalue weighted by atomic mass is 10.00. The van der Waals surface area contributed by atoms with E-state index in [2.05, 4.69) is 20.4 Å². The molecule has 3 fully saturated rings. The van der Waals surface area contributed by atoms with E-state index in [1.165, 1.54) is 57.5 Å². The van der Waals surface area contributed by atoms with E-state index in [-0.39, 0.29) is 5.82 Å². The number of nitrogens with one attached hydrogen (secondary N) is 1. The van der Waals surface area contributed by atoms with Crippen molar-refractivity contribution < 1.29 is 9.13 Å². The van der Waals surface area contributed by atoms with Crippen LogP contribution in [0.1, 0.15) is 25.7 Å². The van der Waals surface area contributed by atoms with Gasteiger partial charge in [0.2, 0.25) is 0 Å². The van der Waals surface area contributed by atoms with Crippen LogP contribution in [0.4, 0.5) is 10.2 Å². The minimum atomic E-state index is -0.255. The molecule has 154 valence electrons. The molecule has 1 aliphatic carbocycles. The molecule has 3 heterocycles. The van der Waals surface area contributed by atoms with Crippen molar-refractivity contribution in [2.45, 2.75) is 31.7 Å². The standard InChI is InChI=1S/C23H29FN4O/c24-20-3-1-2-17(10-20)22-4-5-23(27-26-22)25-21-11-18-14-28(15-19(18)12-21)13-16-6-8-29-9-7-16/h1-5,10,16,18-19,21H,6-9,11-15H2,(H,25,27). The average molecular weight is 397 g/mol. The van der Waals surface area contributed by atoms with Gasteiger partial charge >= 0.3 is 0 Å². The lowest BCUT2D eigenvalue weighted by molar-refractivity contribution is 0.0545. The van der Waals surface area contributed by atoms with Crippen LogP contribution < -0.4 is 5.32 Å². The number of fused-ring (bicyclic) bond motifs is 1. The highest BCUT2D eigenvalue weighted by molar-refractivity contribution is 5.59. The van der Waals surface area contributed by atoms with Gasteiger partial charge in [0.15, 0.2) is 0 Å². The van der Waals surface area contributed by atoms with Crippen LogP contribution in [0.3, 0.4) is 0 Å². The molecular weight excluding hydrogens is 367 g/mol. The molecule has 2 saturated heterocycles. The Bertz CT molecular complexity index is 810. The summed E-state index contributed by atoms with van der Waals surface area (Å²) < 4.78 is 18.9. The van der Waals surface area contributed by atoms with E-state index in [1.54, 1.807) is 6.07 Å². The molecule has 1 N–H and O–H groups in total. The van der Waals surface area contributed by atoms with Crippen molar-refractivity contribution in [2.75, 3.05) is 38.2 Å². The monoisotopic (exact) mass is 396 g/mol. The maximum atomic E-state index is 13.4. The molecule has 0 spiro atoms. The largest absolute Gasteiger partial charge is 0.381 e. The number of aromatic nitrogens is 2. The maximum absolute atomic E-state index is 13.4. The molecule has 2 unspecified atom stereocenters. The third kappa shape index (κ3) is 4.43. The third-order valence-electron chi connectivity index (χ3n) is 6.82. The van der Waals surface area contributed by atoms with Gasteiger partial charge in [-0.3, -0.25) is 0 Å². The SMILES string of the molecule is Fc1cccc(-c2ccc(NC3CC4CN(CC5CCOCC5)CC4C3)nn2)c1. The van der Waals surface area contributed by atoms with Crippen molar-refractivity contribution in [3.8, 4) is 11.3 Å². The Hall–Kier alpha value is -2.05. The Labute approximate surface area is 171 Å². The lowest BCUT2D eigenvalue weighted by Gasteiger charge is -2.27. The summed E-state index contributed by atoms with van der Waals surface area (Å²) in [6, 6.07) is 10.8. The number of hydrogen-bond acceptors (Lipinski definition) is 5. The Morgan fingerprint density at radius 3 is 2.52 bits per heavy atom. The molecule has 2 aromatic rings. The van der Waals surface area contributed by atoms with Gasteiger partial charge in [0.1, 0.15) is 11.6 Å². The van der Waals surface area contributed by atoms with E-state index >= 15 is 0 Å². The number of rotatable bonds is 5. The van der Waals surface area contributed by atoms with Crippen LogP contribution in [0.25, 0.3) is 11.3 Å². The van der Waals surface area contributed by atoms with E-state index in [4.69, 9.17) is 4.74 Å². The van der Waals surface area contributed by atoms with Crippen molar-refractivity contribution in [3.63, 3.8) is 0 Å². The summed E-state index contributed by atoms with van der Waals surface area (Å²) in [7, 11) is 0. The molecule has 29 heavy (non-hydrogen) atoms. The van der Waals surface area contributed by atoms with Gasteiger partial charge < -0.3 is 15.0 Å². The second-order valence-electron chi connectivity index (χ2n) is 8.92. The molecule has 2 atom stereocenters. The van der Waals surface area contributed by atoms with Gasteiger partial charge in [-0.2, -0.15) is 0 Å². The topological polar surface area (TPSA) is 50.3 Å². The van der Waals surface area contributed by atoms with Crippen molar-refractivity contribution >= 4 is 5.82 Å². The van der Waals surface area contributed by atoms with E-state index in [0.29, 0.717) is 11.7 Å². The highest BCUT2D eigenvalue weighted by Crippen LogP contribution is 2.39. The van der Waals surface area contributed by atoms with Gasteiger partial charge in [-0.25, -0.2) is 4.39 Å². The fourth-order valence-electron chi connectivity index (χ4n) is 5.38. The minimum Gasteiger partial charge on any atom is -0.381 e. The molecular formula is C23H29FN4O. The summed E-state index contributed by atoms with van der Waals surface area (Å²) in [5, 5.41) is 12.2. The number of likely N-dealkylation sites (tertiary alicyclic amines) is 1. The third-order valence-corrected chi connectivity index (χ3v) is 6.82. The van der Waals surface area contributed by atoms with Gasteiger partial charge in [0.05, 0.1) is 5.69 Å². The quantitative estimate of drug-likeness (QED) is 0.832. The zero-order chi connectivity index (χ0) is 19.6. The number of anilines is 1. The first-order valence-corrected chi connectivity index (χ1v) is 10.9. The first-order chi connectivity index (χ1) is 14.2. The van der Waals surface area contributed by atoms with Gasteiger partial charge in [0.25, 0.3) is 0 Å². The Morgan fingerprint density at radius 2 is 1.83 bits per heavy atom. The second-order valence-corrected chi connectivity index (χ2v) is 8.92. The van der Waals surface area contributed by atoms with Crippen molar-refractivity contribution in [3.05, 3.63) is 42.2 Å². The molecule has 3 aliphatic rings. The van der Waals surface area contributed by atoms with Gasteiger partial charge in [-0.15, -0.1) is 10.2 Å². The molecule has 5 nitrogen and oxygen atoms in total. The molecule has 2 aliphatic heterocycles. The molecule has 0 amide bonds. The summed E-state index contributed by atoms with van der Waals surface area (Å²) in [6.45, 7) is 5.61. The number of hydrogen-bond donors (Lipinski definition) is 1. The van der Waals surface area contributed by atoms with Crippen molar-refractivity contribution in [2.24, 2.45) is 17.8 Å².